The summed E-state index contributed by atoms with van der Waals surface area (Å²) in [4.78, 5) is 15.6. The van der Waals surface area contributed by atoms with Gasteiger partial charge in [-0.1, -0.05) is 17.7 Å². The van der Waals surface area contributed by atoms with E-state index in [2.05, 4.69) is 4.98 Å². The molecule has 19 heavy (non-hydrogen) atoms. The van der Waals surface area contributed by atoms with Crippen LogP contribution in [-0.2, 0) is 11.3 Å². The summed E-state index contributed by atoms with van der Waals surface area (Å²) >= 11 is 5.95. The molecule has 100 valence electrons. The number of benzene rings is 1. The van der Waals surface area contributed by atoms with E-state index in [-0.39, 0.29) is 19.0 Å². The number of esters is 1. The number of nitrogens with zero attached hydrogens (tertiary/aromatic N) is 2. The summed E-state index contributed by atoms with van der Waals surface area (Å²) in [5.74, 6) is -0.836. The van der Waals surface area contributed by atoms with Gasteiger partial charge in [-0.3, -0.25) is 0 Å². The molecule has 0 spiro atoms. The van der Waals surface area contributed by atoms with Gasteiger partial charge < -0.3 is 9.30 Å². The highest BCUT2D eigenvalue weighted by atomic mass is 35.5. The van der Waals surface area contributed by atoms with Gasteiger partial charge in [-0.25, -0.2) is 14.2 Å². The van der Waals surface area contributed by atoms with Crippen LogP contribution in [0, 0.1) is 5.82 Å². The minimum absolute atomic E-state index is 0.125. The molecule has 0 unspecified atom stereocenters. The fraction of sp³-hybridized carbons (Fsp3) is 0.231. The van der Waals surface area contributed by atoms with Crippen LogP contribution >= 0.6 is 11.6 Å². The molecule has 0 atom stereocenters. The van der Waals surface area contributed by atoms with Crippen molar-refractivity contribution in [1.82, 2.24) is 9.55 Å². The maximum Gasteiger partial charge on any atom is 0.374 e. The first-order chi connectivity index (χ1) is 9.13. The average molecular weight is 283 g/mol. The van der Waals surface area contributed by atoms with Gasteiger partial charge in [-0.05, 0) is 19.1 Å². The fourth-order valence-corrected chi connectivity index (χ4v) is 1.90. The van der Waals surface area contributed by atoms with Gasteiger partial charge >= 0.3 is 5.97 Å². The van der Waals surface area contributed by atoms with Gasteiger partial charge in [0.1, 0.15) is 5.82 Å². The molecule has 0 saturated carbocycles. The highest BCUT2D eigenvalue weighted by Crippen LogP contribution is 2.20. The minimum atomic E-state index is -0.542. The SMILES string of the molecule is CCOC(=O)c1nccn1Cc1c(F)cccc1Cl. The van der Waals surface area contributed by atoms with E-state index in [0.29, 0.717) is 10.6 Å². The molecule has 0 fully saturated rings. The lowest BCUT2D eigenvalue weighted by atomic mass is 10.2. The van der Waals surface area contributed by atoms with E-state index in [1.165, 1.54) is 22.9 Å². The Morgan fingerprint density at radius 2 is 2.32 bits per heavy atom. The van der Waals surface area contributed by atoms with Crippen LogP contribution in [0.4, 0.5) is 4.39 Å². The van der Waals surface area contributed by atoms with E-state index in [1.54, 1.807) is 19.2 Å². The molecule has 0 aliphatic rings. The number of halogens is 2. The monoisotopic (exact) mass is 282 g/mol. The normalized spacial score (nSPS) is 10.5. The molecule has 0 amide bonds. The average Bonchev–Trinajstić information content (AvgIpc) is 2.82. The van der Waals surface area contributed by atoms with E-state index in [1.807, 2.05) is 0 Å². The van der Waals surface area contributed by atoms with Gasteiger partial charge in [0.15, 0.2) is 0 Å². The molecule has 6 heteroatoms. The van der Waals surface area contributed by atoms with E-state index in [9.17, 15) is 9.18 Å². The van der Waals surface area contributed by atoms with Crippen molar-refractivity contribution in [3.05, 3.63) is 52.8 Å². The predicted molar refractivity (Wildman–Crippen MR) is 68.7 cm³/mol. The van der Waals surface area contributed by atoms with Crippen LogP contribution in [0.25, 0.3) is 0 Å². The zero-order chi connectivity index (χ0) is 13.8. The van der Waals surface area contributed by atoms with E-state index in [0.717, 1.165) is 0 Å². The van der Waals surface area contributed by atoms with Gasteiger partial charge in [0.25, 0.3) is 0 Å². The van der Waals surface area contributed by atoms with Crippen LogP contribution in [0.3, 0.4) is 0 Å². The molecule has 0 radical (unpaired) electrons. The molecule has 1 heterocycles. The topological polar surface area (TPSA) is 44.1 Å². The summed E-state index contributed by atoms with van der Waals surface area (Å²) in [7, 11) is 0. The number of hydrogen-bond donors (Lipinski definition) is 0. The summed E-state index contributed by atoms with van der Waals surface area (Å²) < 4.78 is 20.1. The van der Waals surface area contributed by atoms with Crippen LogP contribution in [0.15, 0.2) is 30.6 Å². The van der Waals surface area contributed by atoms with Crippen molar-refractivity contribution < 1.29 is 13.9 Å². The van der Waals surface area contributed by atoms with Crippen LogP contribution < -0.4 is 0 Å². The van der Waals surface area contributed by atoms with E-state index < -0.39 is 11.8 Å². The van der Waals surface area contributed by atoms with E-state index in [4.69, 9.17) is 16.3 Å². The molecule has 0 saturated heterocycles. The first-order valence-electron chi connectivity index (χ1n) is 5.74. The molecule has 2 rings (SSSR count). The van der Waals surface area contributed by atoms with Crippen molar-refractivity contribution >= 4 is 17.6 Å². The third kappa shape index (κ3) is 2.93. The Bertz CT molecular complexity index is 578. The van der Waals surface area contributed by atoms with Crippen molar-refractivity contribution in [3.8, 4) is 0 Å². The second kappa shape index (κ2) is 5.84. The Morgan fingerprint density at radius 1 is 1.53 bits per heavy atom. The minimum Gasteiger partial charge on any atom is -0.460 e. The lowest BCUT2D eigenvalue weighted by Gasteiger charge is -2.09. The van der Waals surface area contributed by atoms with Gasteiger partial charge in [0, 0.05) is 23.0 Å². The fourth-order valence-electron chi connectivity index (χ4n) is 1.68. The Labute approximate surface area is 114 Å². The van der Waals surface area contributed by atoms with Crippen molar-refractivity contribution in [1.29, 1.82) is 0 Å². The zero-order valence-electron chi connectivity index (χ0n) is 10.3. The number of carbonyl (C=O) groups excluding carboxylic acids is 1. The molecular formula is C13H12ClFN2O2. The second-order valence-corrected chi connectivity index (χ2v) is 4.21. The Morgan fingerprint density at radius 3 is 3.00 bits per heavy atom. The first-order valence-corrected chi connectivity index (χ1v) is 6.12. The summed E-state index contributed by atoms with van der Waals surface area (Å²) in [5.41, 5.74) is 0.313. The third-order valence-corrected chi connectivity index (χ3v) is 2.92. The van der Waals surface area contributed by atoms with Gasteiger partial charge in [-0.2, -0.15) is 0 Å². The molecular weight excluding hydrogens is 271 g/mol. The molecule has 0 aliphatic carbocycles. The Balaban J connectivity index is 2.30. The molecule has 0 bridgehead atoms. The van der Waals surface area contributed by atoms with Crippen LogP contribution in [-0.4, -0.2) is 22.1 Å². The molecule has 0 aliphatic heterocycles. The highest BCUT2D eigenvalue weighted by Gasteiger charge is 2.16. The van der Waals surface area contributed by atoms with Crippen LogP contribution in [0.5, 0.6) is 0 Å². The van der Waals surface area contributed by atoms with Crippen molar-refractivity contribution in [2.24, 2.45) is 0 Å². The first kappa shape index (κ1) is 13.5. The highest BCUT2D eigenvalue weighted by molar-refractivity contribution is 6.31. The Hall–Kier alpha value is -1.88. The van der Waals surface area contributed by atoms with Gasteiger partial charge in [0.2, 0.25) is 5.82 Å². The Kier molecular flexibility index (Phi) is 4.16. The van der Waals surface area contributed by atoms with E-state index >= 15 is 0 Å². The van der Waals surface area contributed by atoms with Crippen LogP contribution in [0.2, 0.25) is 5.02 Å². The second-order valence-electron chi connectivity index (χ2n) is 3.80. The molecule has 2 aromatic rings. The number of ether oxygens (including phenoxy) is 1. The molecule has 0 N–H and O–H groups in total. The van der Waals surface area contributed by atoms with Crippen molar-refractivity contribution in [2.45, 2.75) is 13.5 Å². The maximum atomic E-state index is 13.7. The largest absolute Gasteiger partial charge is 0.460 e. The van der Waals surface area contributed by atoms with Gasteiger partial charge in [0.05, 0.1) is 13.2 Å². The quantitative estimate of drug-likeness (QED) is 0.810. The number of imidazole rings is 1. The third-order valence-electron chi connectivity index (χ3n) is 2.56. The molecule has 4 nitrogen and oxygen atoms in total. The predicted octanol–water partition coefficient (Wildman–Crippen LogP) is 2.90. The van der Waals surface area contributed by atoms with Crippen LogP contribution in [0.1, 0.15) is 23.1 Å². The standard InChI is InChI=1S/C13H12ClFN2O2/c1-2-19-13(18)12-16-6-7-17(12)8-9-10(14)4-3-5-11(9)15/h3-7H,2,8H2,1H3. The number of hydrogen-bond acceptors (Lipinski definition) is 3. The molecule has 1 aromatic heterocycles. The summed E-state index contributed by atoms with van der Waals surface area (Å²) in [6, 6.07) is 4.45. The zero-order valence-corrected chi connectivity index (χ0v) is 11.0. The van der Waals surface area contributed by atoms with Crippen molar-refractivity contribution in [3.63, 3.8) is 0 Å². The molecule has 1 aromatic carbocycles. The number of carbonyl (C=O) groups is 1. The lowest BCUT2D eigenvalue weighted by Crippen LogP contribution is -2.14. The smallest absolute Gasteiger partial charge is 0.374 e. The van der Waals surface area contributed by atoms with Crippen molar-refractivity contribution in [2.75, 3.05) is 6.61 Å². The summed E-state index contributed by atoms with van der Waals surface area (Å²) in [6.45, 7) is 2.09. The number of rotatable bonds is 4. The summed E-state index contributed by atoms with van der Waals surface area (Å²) in [6.07, 6.45) is 3.04. The van der Waals surface area contributed by atoms with Gasteiger partial charge in [-0.15, -0.1) is 0 Å². The maximum absolute atomic E-state index is 13.7. The lowest BCUT2D eigenvalue weighted by molar-refractivity contribution is 0.0507. The number of aromatic nitrogens is 2. The summed E-state index contributed by atoms with van der Waals surface area (Å²) in [5, 5.41) is 0.309.